The maximum Gasteiger partial charge on any atom is 0.254 e. The number of benzene rings is 1. The number of likely N-dealkylation sites (tertiary alicyclic amines) is 1. The topological polar surface area (TPSA) is 49.6 Å². The molecule has 110 valence electrons. The van der Waals surface area contributed by atoms with Crippen LogP contribution in [0.2, 0.25) is 0 Å². The lowest BCUT2D eigenvalue weighted by Crippen LogP contribution is -2.41. The van der Waals surface area contributed by atoms with Crippen LogP contribution in [0.15, 0.2) is 16.6 Å². The normalized spacial score (nSPS) is 18.9. The van der Waals surface area contributed by atoms with E-state index in [2.05, 4.69) is 20.8 Å². The predicted molar refractivity (Wildman–Crippen MR) is 85.9 cm³/mol. The zero-order valence-electron chi connectivity index (χ0n) is 12.3. The van der Waals surface area contributed by atoms with E-state index in [1.807, 2.05) is 38.1 Å². The van der Waals surface area contributed by atoms with Gasteiger partial charge in [0, 0.05) is 34.9 Å². The minimum absolute atomic E-state index is 0.0971. The second kappa shape index (κ2) is 6.14. The smallest absolute Gasteiger partial charge is 0.254 e. The lowest BCUT2D eigenvalue weighted by molar-refractivity contribution is 0.0715. The summed E-state index contributed by atoms with van der Waals surface area (Å²) in [6.45, 7) is 3.66. The van der Waals surface area contributed by atoms with Gasteiger partial charge in [0.1, 0.15) is 0 Å². The van der Waals surface area contributed by atoms with Crippen LogP contribution in [-0.4, -0.2) is 48.9 Å². The number of halogens is 1. The molecule has 1 saturated heterocycles. The van der Waals surface area contributed by atoms with Crippen molar-refractivity contribution in [2.75, 3.05) is 32.9 Å². The van der Waals surface area contributed by atoms with Crippen molar-refractivity contribution >= 4 is 27.5 Å². The first-order valence-corrected chi connectivity index (χ1v) is 7.70. The molecular weight excluding hydrogens is 318 g/mol. The SMILES string of the molecule is Cc1c(N)cc(Br)cc1C(=O)N1CCCC1CN(C)C. The largest absolute Gasteiger partial charge is 0.398 e. The molecule has 1 amide bonds. The van der Waals surface area contributed by atoms with E-state index in [9.17, 15) is 4.79 Å². The molecule has 0 bridgehead atoms. The van der Waals surface area contributed by atoms with Crippen LogP contribution in [0.25, 0.3) is 0 Å². The van der Waals surface area contributed by atoms with Gasteiger partial charge in [-0.05, 0) is 51.6 Å². The van der Waals surface area contributed by atoms with Crippen molar-refractivity contribution in [1.29, 1.82) is 0 Å². The van der Waals surface area contributed by atoms with Crippen LogP contribution < -0.4 is 5.73 Å². The van der Waals surface area contributed by atoms with E-state index in [4.69, 9.17) is 5.73 Å². The molecule has 1 aromatic carbocycles. The van der Waals surface area contributed by atoms with E-state index in [1.54, 1.807) is 0 Å². The first-order valence-electron chi connectivity index (χ1n) is 6.91. The summed E-state index contributed by atoms with van der Waals surface area (Å²) >= 11 is 3.42. The van der Waals surface area contributed by atoms with Crippen LogP contribution >= 0.6 is 15.9 Å². The number of amides is 1. The maximum atomic E-state index is 12.8. The Hall–Kier alpha value is -1.07. The monoisotopic (exact) mass is 339 g/mol. The zero-order valence-corrected chi connectivity index (χ0v) is 13.9. The summed E-state index contributed by atoms with van der Waals surface area (Å²) in [5.74, 6) is 0.0971. The van der Waals surface area contributed by atoms with E-state index in [0.29, 0.717) is 17.3 Å². The summed E-state index contributed by atoms with van der Waals surface area (Å²) in [4.78, 5) is 16.9. The quantitative estimate of drug-likeness (QED) is 0.860. The van der Waals surface area contributed by atoms with Gasteiger partial charge in [0.15, 0.2) is 0 Å². The van der Waals surface area contributed by atoms with Gasteiger partial charge in [0.25, 0.3) is 5.91 Å². The molecule has 2 N–H and O–H groups in total. The Morgan fingerprint density at radius 3 is 2.85 bits per heavy atom. The molecule has 0 aromatic heterocycles. The molecule has 1 fully saturated rings. The van der Waals surface area contributed by atoms with Crippen molar-refractivity contribution in [2.45, 2.75) is 25.8 Å². The summed E-state index contributed by atoms with van der Waals surface area (Å²) in [6.07, 6.45) is 2.15. The molecule has 4 nitrogen and oxygen atoms in total. The summed E-state index contributed by atoms with van der Waals surface area (Å²) < 4.78 is 0.854. The van der Waals surface area contributed by atoms with Crippen molar-refractivity contribution in [3.63, 3.8) is 0 Å². The fourth-order valence-electron chi connectivity index (χ4n) is 2.79. The third kappa shape index (κ3) is 3.15. The third-order valence-corrected chi connectivity index (χ3v) is 4.31. The first kappa shape index (κ1) is 15.3. The van der Waals surface area contributed by atoms with Crippen molar-refractivity contribution < 1.29 is 4.79 Å². The van der Waals surface area contributed by atoms with Gasteiger partial charge in [-0.1, -0.05) is 15.9 Å². The number of nitrogens with two attached hydrogens (primary N) is 1. The molecule has 0 saturated carbocycles. The molecule has 1 aromatic rings. The number of hydrogen-bond donors (Lipinski definition) is 1. The molecular formula is C15H22BrN3O. The minimum Gasteiger partial charge on any atom is -0.398 e. The van der Waals surface area contributed by atoms with Gasteiger partial charge >= 0.3 is 0 Å². The van der Waals surface area contributed by atoms with Crippen molar-refractivity contribution in [2.24, 2.45) is 0 Å². The number of nitrogen functional groups attached to an aromatic ring is 1. The van der Waals surface area contributed by atoms with Crippen LogP contribution in [0, 0.1) is 6.92 Å². The van der Waals surface area contributed by atoms with E-state index >= 15 is 0 Å². The Kier molecular flexibility index (Phi) is 4.70. The number of nitrogens with zero attached hydrogens (tertiary/aromatic N) is 2. The van der Waals surface area contributed by atoms with Crippen LogP contribution in [0.4, 0.5) is 5.69 Å². The highest BCUT2D eigenvalue weighted by atomic mass is 79.9. The maximum absolute atomic E-state index is 12.8. The van der Waals surface area contributed by atoms with Gasteiger partial charge in [-0.25, -0.2) is 0 Å². The molecule has 1 aliphatic heterocycles. The van der Waals surface area contributed by atoms with E-state index in [0.717, 1.165) is 36.0 Å². The van der Waals surface area contributed by atoms with Crippen LogP contribution in [0.5, 0.6) is 0 Å². The van der Waals surface area contributed by atoms with Gasteiger partial charge < -0.3 is 15.5 Å². The Labute approximate surface area is 129 Å². The molecule has 1 aliphatic rings. The Morgan fingerprint density at radius 1 is 1.50 bits per heavy atom. The number of hydrogen-bond acceptors (Lipinski definition) is 3. The second-order valence-corrected chi connectivity index (χ2v) is 6.64. The number of carbonyl (C=O) groups is 1. The van der Waals surface area contributed by atoms with Crippen LogP contribution in [0.3, 0.4) is 0 Å². The average Bonchev–Trinajstić information content (AvgIpc) is 2.80. The highest BCUT2D eigenvalue weighted by Crippen LogP contribution is 2.27. The zero-order chi connectivity index (χ0) is 14.9. The summed E-state index contributed by atoms with van der Waals surface area (Å²) in [7, 11) is 4.09. The van der Waals surface area contributed by atoms with Gasteiger partial charge in [-0.2, -0.15) is 0 Å². The number of anilines is 1. The average molecular weight is 340 g/mol. The highest BCUT2D eigenvalue weighted by molar-refractivity contribution is 9.10. The Bertz CT molecular complexity index is 516. The van der Waals surface area contributed by atoms with E-state index in [1.165, 1.54) is 0 Å². The summed E-state index contributed by atoms with van der Waals surface area (Å²) in [6, 6.07) is 4.02. The van der Waals surface area contributed by atoms with Crippen LogP contribution in [0.1, 0.15) is 28.8 Å². The molecule has 1 atom stereocenters. The number of carbonyl (C=O) groups excluding carboxylic acids is 1. The molecule has 5 heteroatoms. The predicted octanol–water partition coefficient (Wildman–Crippen LogP) is 2.51. The van der Waals surface area contributed by atoms with Crippen molar-refractivity contribution in [3.8, 4) is 0 Å². The molecule has 0 radical (unpaired) electrons. The molecule has 0 spiro atoms. The van der Waals surface area contributed by atoms with Crippen molar-refractivity contribution in [1.82, 2.24) is 9.80 Å². The summed E-state index contributed by atoms with van der Waals surface area (Å²) in [5.41, 5.74) is 8.20. The number of likely N-dealkylation sites (N-methyl/N-ethyl adjacent to an activating group) is 1. The second-order valence-electron chi connectivity index (χ2n) is 5.72. The molecule has 2 rings (SSSR count). The molecule has 0 aliphatic carbocycles. The van der Waals surface area contributed by atoms with Gasteiger partial charge in [0.2, 0.25) is 0 Å². The van der Waals surface area contributed by atoms with Crippen molar-refractivity contribution in [3.05, 3.63) is 27.7 Å². The highest BCUT2D eigenvalue weighted by Gasteiger charge is 2.30. The molecule has 20 heavy (non-hydrogen) atoms. The van der Waals surface area contributed by atoms with Crippen LogP contribution in [-0.2, 0) is 0 Å². The lowest BCUT2D eigenvalue weighted by Gasteiger charge is -2.28. The third-order valence-electron chi connectivity index (χ3n) is 3.86. The fraction of sp³-hybridized carbons (Fsp3) is 0.533. The standard InChI is InChI=1S/C15H22BrN3O/c1-10-13(7-11(16)8-14(10)17)15(20)19-6-4-5-12(19)9-18(2)3/h7-8,12H,4-6,9,17H2,1-3H3. The van der Waals surface area contributed by atoms with Gasteiger partial charge in [0.05, 0.1) is 0 Å². The number of rotatable bonds is 3. The molecule has 1 heterocycles. The Balaban J connectivity index is 2.27. The van der Waals surface area contributed by atoms with E-state index < -0.39 is 0 Å². The van der Waals surface area contributed by atoms with Gasteiger partial charge in [-0.3, -0.25) is 4.79 Å². The Morgan fingerprint density at radius 2 is 2.20 bits per heavy atom. The molecule has 1 unspecified atom stereocenters. The first-order chi connectivity index (χ1) is 9.40. The fourth-order valence-corrected chi connectivity index (χ4v) is 3.27. The van der Waals surface area contributed by atoms with Gasteiger partial charge in [-0.15, -0.1) is 0 Å². The van der Waals surface area contributed by atoms with E-state index in [-0.39, 0.29) is 5.91 Å². The minimum atomic E-state index is 0.0971. The lowest BCUT2D eigenvalue weighted by atomic mass is 10.1. The summed E-state index contributed by atoms with van der Waals surface area (Å²) in [5, 5.41) is 0.